The van der Waals surface area contributed by atoms with Gasteiger partial charge in [0, 0.05) is 13.2 Å². The molecule has 0 aliphatic carbocycles. The first kappa shape index (κ1) is 24.9. The summed E-state index contributed by atoms with van der Waals surface area (Å²) in [7, 11) is -0.380. The van der Waals surface area contributed by atoms with E-state index in [-0.39, 0.29) is 22.2 Å². The zero-order valence-electron chi connectivity index (χ0n) is 17.7. The Morgan fingerprint density at radius 2 is 1.80 bits per heavy atom. The van der Waals surface area contributed by atoms with Gasteiger partial charge in [0.05, 0.1) is 0 Å². The van der Waals surface area contributed by atoms with E-state index in [0.717, 1.165) is 5.57 Å². The number of aliphatic hydroxyl groups is 1. The Morgan fingerprint density at radius 1 is 1.28 bits per heavy atom. The van der Waals surface area contributed by atoms with Crippen molar-refractivity contribution in [3.63, 3.8) is 0 Å². The molecule has 0 amide bonds. The summed E-state index contributed by atoms with van der Waals surface area (Å²) in [4.78, 5) is 12.1. The molecule has 4 nitrogen and oxygen atoms in total. The van der Waals surface area contributed by atoms with Crippen molar-refractivity contribution in [2.24, 2.45) is 5.92 Å². The molecule has 6 heteroatoms. The molecule has 0 fully saturated rings. The maximum absolute atomic E-state index is 12.1. The van der Waals surface area contributed by atoms with Gasteiger partial charge in [-0.25, -0.2) is 0 Å². The molecule has 0 saturated carbocycles. The molecule has 0 aromatic rings. The Labute approximate surface area is 159 Å². The average Bonchev–Trinajstić information content (AvgIpc) is 2.46. The molecule has 4 atom stereocenters. The van der Waals surface area contributed by atoms with Crippen LogP contribution in [0, 0.1) is 5.92 Å². The number of rotatable bonds is 9. The first-order valence-corrected chi connectivity index (χ1v) is 12.9. The summed E-state index contributed by atoms with van der Waals surface area (Å²) in [5.41, 5.74) is 0.745. The highest BCUT2D eigenvalue weighted by Gasteiger charge is 2.39. The van der Waals surface area contributed by atoms with Gasteiger partial charge < -0.3 is 14.3 Å². The van der Waals surface area contributed by atoms with E-state index in [1.807, 2.05) is 19.9 Å². The van der Waals surface area contributed by atoms with E-state index in [4.69, 9.17) is 9.16 Å². The highest BCUT2D eigenvalue weighted by Crippen LogP contribution is 2.38. The third-order valence-electron chi connectivity index (χ3n) is 5.08. The lowest BCUT2D eigenvalue weighted by Gasteiger charge is -2.39. The minimum absolute atomic E-state index is 0.0461. The molecule has 0 aromatic carbocycles. The first-order valence-electron chi connectivity index (χ1n) is 9.02. The molecule has 0 aromatic heterocycles. The van der Waals surface area contributed by atoms with Gasteiger partial charge in [0.15, 0.2) is 14.4 Å². The van der Waals surface area contributed by atoms with Gasteiger partial charge in [-0.2, -0.15) is 0 Å². The van der Waals surface area contributed by atoms with Crippen molar-refractivity contribution in [1.29, 1.82) is 0 Å². The van der Waals surface area contributed by atoms with Crippen LogP contribution in [0.1, 0.15) is 48.5 Å². The molecule has 0 rings (SSSR count). The summed E-state index contributed by atoms with van der Waals surface area (Å²) in [5, 5.41) is 10.5. The van der Waals surface area contributed by atoms with Crippen molar-refractivity contribution in [3.05, 3.63) is 11.6 Å². The predicted molar refractivity (Wildman–Crippen MR) is 111 cm³/mol. The van der Waals surface area contributed by atoms with Crippen LogP contribution in [0.5, 0.6) is 0 Å². The van der Waals surface area contributed by atoms with Crippen molar-refractivity contribution in [3.8, 4) is 0 Å². The maximum atomic E-state index is 12.1. The molecule has 0 heterocycles. The van der Waals surface area contributed by atoms with Gasteiger partial charge in [-0.3, -0.25) is 4.79 Å². The molecule has 0 radical (unpaired) electrons. The van der Waals surface area contributed by atoms with Crippen LogP contribution in [0.3, 0.4) is 0 Å². The summed E-state index contributed by atoms with van der Waals surface area (Å²) < 4.78 is 11.7. The van der Waals surface area contributed by atoms with Crippen molar-refractivity contribution in [2.75, 3.05) is 12.9 Å². The molecule has 0 saturated heterocycles. The molecule has 0 unspecified atom stereocenters. The second kappa shape index (κ2) is 10.3. The Morgan fingerprint density at radius 3 is 2.20 bits per heavy atom. The van der Waals surface area contributed by atoms with Gasteiger partial charge in [0.25, 0.3) is 0 Å². The fraction of sp³-hybridized carbons (Fsp3) is 0.842. The molecule has 148 valence electrons. The summed E-state index contributed by atoms with van der Waals surface area (Å²) in [6, 6.07) is 0. The van der Waals surface area contributed by atoms with E-state index >= 15 is 0 Å². The van der Waals surface area contributed by atoms with E-state index in [1.54, 1.807) is 0 Å². The average molecular weight is 391 g/mol. The van der Waals surface area contributed by atoms with Crippen molar-refractivity contribution in [1.82, 2.24) is 0 Å². The highest BCUT2D eigenvalue weighted by molar-refractivity contribution is 8.13. The van der Waals surface area contributed by atoms with Crippen molar-refractivity contribution < 1.29 is 19.1 Å². The fourth-order valence-corrected chi connectivity index (χ4v) is 4.39. The lowest BCUT2D eigenvalue weighted by atomic mass is 9.98. The van der Waals surface area contributed by atoms with Crippen LogP contribution in [0.15, 0.2) is 11.6 Å². The Balaban J connectivity index is 5.09. The standard InChI is InChI=1S/C19H38O4SSi/c1-11-24-18(21)17(22-8)16(20)14(3)12-13(2)15(4)23-25(9,10)19(5,6)7/h12-13,15-17,20H,11H2,1-10H3/b14-12+/t13-,15+,16-,17-/m1/s1. The molecule has 0 spiro atoms. The largest absolute Gasteiger partial charge is 0.414 e. The number of methoxy groups -OCH3 is 1. The molecule has 0 aliphatic rings. The Hall–Kier alpha value is -0.143. The van der Waals surface area contributed by atoms with E-state index in [2.05, 4.69) is 47.7 Å². The van der Waals surface area contributed by atoms with Crippen LogP contribution in [-0.2, 0) is 14.0 Å². The van der Waals surface area contributed by atoms with Crippen molar-refractivity contribution in [2.45, 2.75) is 84.9 Å². The highest BCUT2D eigenvalue weighted by atomic mass is 32.2. The molecule has 0 aliphatic heterocycles. The van der Waals surface area contributed by atoms with Gasteiger partial charge in [0.2, 0.25) is 5.12 Å². The molecule has 25 heavy (non-hydrogen) atoms. The lowest BCUT2D eigenvalue weighted by molar-refractivity contribution is -0.124. The van der Waals surface area contributed by atoms with Crippen LogP contribution in [0.2, 0.25) is 18.1 Å². The van der Waals surface area contributed by atoms with E-state index in [9.17, 15) is 9.90 Å². The van der Waals surface area contributed by atoms with E-state index in [0.29, 0.717) is 5.75 Å². The molecular weight excluding hydrogens is 352 g/mol. The quantitative estimate of drug-likeness (QED) is 0.459. The zero-order chi connectivity index (χ0) is 20.0. The first-order chi connectivity index (χ1) is 11.3. The summed E-state index contributed by atoms with van der Waals surface area (Å²) in [6.07, 6.45) is 0.284. The predicted octanol–water partition coefficient (Wildman–Crippen LogP) is 4.63. The minimum atomic E-state index is -1.84. The topological polar surface area (TPSA) is 55.8 Å². The Kier molecular flexibility index (Phi) is 10.2. The Bertz CT molecular complexity index is 457. The normalized spacial score (nSPS) is 18.6. The van der Waals surface area contributed by atoms with E-state index < -0.39 is 20.5 Å². The summed E-state index contributed by atoms with van der Waals surface area (Å²) in [5.74, 6) is 0.803. The molecular formula is C19H38O4SSi. The number of carbonyl (C=O) groups is 1. The van der Waals surface area contributed by atoms with Gasteiger partial charge in [0.1, 0.15) is 6.10 Å². The summed E-state index contributed by atoms with van der Waals surface area (Å²) >= 11 is 1.18. The van der Waals surface area contributed by atoms with Gasteiger partial charge in [-0.15, -0.1) is 0 Å². The third-order valence-corrected chi connectivity index (χ3v) is 10.5. The minimum Gasteiger partial charge on any atom is -0.414 e. The maximum Gasteiger partial charge on any atom is 0.220 e. The number of thioether (sulfide) groups is 1. The smallest absolute Gasteiger partial charge is 0.220 e. The van der Waals surface area contributed by atoms with Crippen LogP contribution >= 0.6 is 11.8 Å². The van der Waals surface area contributed by atoms with Gasteiger partial charge in [-0.05, 0) is 49.2 Å². The SMILES string of the molecule is CCSC(=O)[C@H](OC)[C@H](O)/C(C)=C/[C@@H](C)[C@H](C)O[Si](C)(C)C(C)(C)C. The lowest BCUT2D eigenvalue weighted by Crippen LogP contribution is -2.44. The number of hydrogen-bond donors (Lipinski definition) is 1. The van der Waals surface area contributed by atoms with Crippen molar-refractivity contribution >= 4 is 25.2 Å². The number of hydrogen-bond acceptors (Lipinski definition) is 5. The zero-order valence-corrected chi connectivity index (χ0v) is 19.5. The van der Waals surface area contributed by atoms with Crippen LogP contribution in [0.4, 0.5) is 0 Å². The summed E-state index contributed by atoms with van der Waals surface area (Å²) in [6.45, 7) is 19.1. The second-order valence-corrected chi connectivity index (χ2v) is 14.2. The van der Waals surface area contributed by atoms with Crippen LogP contribution in [-0.4, -0.2) is 49.7 Å². The third kappa shape index (κ3) is 7.55. The number of ether oxygens (including phenoxy) is 1. The molecule has 1 N–H and O–H groups in total. The molecule has 0 bridgehead atoms. The number of aliphatic hydroxyl groups excluding tert-OH is 1. The fourth-order valence-electron chi connectivity index (χ4n) is 2.21. The monoisotopic (exact) mass is 390 g/mol. The van der Waals surface area contributed by atoms with Crippen LogP contribution in [0.25, 0.3) is 0 Å². The second-order valence-electron chi connectivity index (χ2n) is 8.21. The van der Waals surface area contributed by atoms with Gasteiger partial charge in [-0.1, -0.05) is 52.5 Å². The van der Waals surface area contributed by atoms with E-state index in [1.165, 1.54) is 18.9 Å². The van der Waals surface area contributed by atoms with Gasteiger partial charge >= 0.3 is 0 Å². The van der Waals surface area contributed by atoms with Crippen LogP contribution < -0.4 is 0 Å². The number of carbonyl (C=O) groups excluding carboxylic acids is 1.